The Morgan fingerprint density at radius 3 is 2.67 bits per heavy atom. The van der Waals surface area contributed by atoms with Crippen LogP contribution in [0.4, 0.5) is 15.8 Å². The Hall–Kier alpha value is -2.67. The first kappa shape index (κ1) is 17.7. The molecule has 0 unspecified atom stereocenters. The molecule has 24 heavy (non-hydrogen) atoms. The normalized spacial score (nSPS) is 10.3. The monoisotopic (exact) mass is 351 g/mol. The SMILES string of the molecule is CNc1ccc(C(=O)N(C)Cc2c(F)cccc2Cl)cc1[N+](=O)[O-]. The largest absolute Gasteiger partial charge is 0.383 e. The highest BCUT2D eigenvalue weighted by Gasteiger charge is 2.20. The number of benzene rings is 2. The first-order chi connectivity index (χ1) is 11.3. The summed E-state index contributed by atoms with van der Waals surface area (Å²) in [4.78, 5) is 24.2. The molecule has 0 saturated heterocycles. The minimum atomic E-state index is -0.573. The van der Waals surface area contributed by atoms with E-state index in [9.17, 15) is 19.3 Å². The van der Waals surface area contributed by atoms with Crippen molar-refractivity contribution in [2.75, 3.05) is 19.4 Å². The van der Waals surface area contributed by atoms with Gasteiger partial charge in [0.25, 0.3) is 11.6 Å². The number of carbonyl (C=O) groups excluding carboxylic acids is 1. The zero-order chi connectivity index (χ0) is 17.9. The number of halogens is 2. The Bertz CT molecular complexity index is 778. The predicted octanol–water partition coefficient (Wildman–Crippen LogP) is 3.70. The molecule has 2 aromatic rings. The Morgan fingerprint density at radius 1 is 1.38 bits per heavy atom. The van der Waals surface area contributed by atoms with Crippen LogP contribution >= 0.6 is 11.6 Å². The van der Waals surface area contributed by atoms with E-state index >= 15 is 0 Å². The van der Waals surface area contributed by atoms with Gasteiger partial charge in [-0.1, -0.05) is 17.7 Å². The Labute approximate surface area is 143 Å². The van der Waals surface area contributed by atoms with Crippen LogP contribution in [0.5, 0.6) is 0 Å². The van der Waals surface area contributed by atoms with Crippen molar-refractivity contribution in [3.05, 3.63) is 68.5 Å². The second kappa shape index (κ2) is 7.27. The summed E-state index contributed by atoms with van der Waals surface area (Å²) in [5.74, 6) is -0.987. The maximum absolute atomic E-state index is 13.8. The van der Waals surface area contributed by atoms with Gasteiger partial charge in [0.05, 0.1) is 4.92 Å². The summed E-state index contributed by atoms with van der Waals surface area (Å²) in [5, 5.41) is 14.0. The van der Waals surface area contributed by atoms with Crippen LogP contribution in [-0.2, 0) is 6.54 Å². The van der Waals surface area contributed by atoms with E-state index < -0.39 is 16.6 Å². The molecule has 2 rings (SSSR count). The average Bonchev–Trinajstić information content (AvgIpc) is 2.56. The van der Waals surface area contributed by atoms with Gasteiger partial charge in [-0.25, -0.2) is 4.39 Å². The molecule has 0 radical (unpaired) electrons. The van der Waals surface area contributed by atoms with E-state index in [2.05, 4.69) is 5.32 Å². The van der Waals surface area contributed by atoms with E-state index in [0.717, 1.165) is 0 Å². The summed E-state index contributed by atoms with van der Waals surface area (Å²) < 4.78 is 13.8. The fraction of sp³-hybridized carbons (Fsp3) is 0.188. The molecule has 1 N–H and O–H groups in total. The summed E-state index contributed by atoms with van der Waals surface area (Å²) in [6, 6.07) is 8.38. The fourth-order valence-electron chi connectivity index (χ4n) is 2.24. The van der Waals surface area contributed by atoms with Gasteiger partial charge in [-0.15, -0.1) is 0 Å². The average molecular weight is 352 g/mol. The molecule has 2 aromatic carbocycles. The van der Waals surface area contributed by atoms with Crippen molar-refractivity contribution in [3.8, 4) is 0 Å². The van der Waals surface area contributed by atoms with Gasteiger partial charge in [-0.3, -0.25) is 14.9 Å². The molecular weight excluding hydrogens is 337 g/mol. The summed E-state index contributed by atoms with van der Waals surface area (Å²) in [6.07, 6.45) is 0. The van der Waals surface area contributed by atoms with Gasteiger partial charge in [-0.2, -0.15) is 0 Å². The van der Waals surface area contributed by atoms with Gasteiger partial charge >= 0.3 is 0 Å². The van der Waals surface area contributed by atoms with Gasteiger partial charge in [0.1, 0.15) is 11.5 Å². The van der Waals surface area contributed by atoms with Gasteiger partial charge in [0, 0.05) is 42.9 Å². The van der Waals surface area contributed by atoms with Crippen molar-refractivity contribution >= 4 is 28.9 Å². The minimum absolute atomic E-state index is 0.0497. The van der Waals surface area contributed by atoms with E-state index in [-0.39, 0.29) is 28.4 Å². The van der Waals surface area contributed by atoms with Crippen molar-refractivity contribution in [3.63, 3.8) is 0 Å². The number of nitrogens with one attached hydrogen (secondary N) is 1. The van der Waals surface area contributed by atoms with Crippen LogP contribution in [0, 0.1) is 15.9 Å². The number of carbonyl (C=O) groups is 1. The van der Waals surface area contributed by atoms with Crippen LogP contribution < -0.4 is 5.32 Å². The highest BCUT2D eigenvalue weighted by Crippen LogP contribution is 2.26. The topological polar surface area (TPSA) is 75.5 Å². The van der Waals surface area contributed by atoms with E-state index in [4.69, 9.17) is 11.6 Å². The molecule has 0 aliphatic heterocycles. The third-order valence-electron chi connectivity index (χ3n) is 3.51. The number of anilines is 1. The molecule has 0 aliphatic carbocycles. The number of hydrogen-bond acceptors (Lipinski definition) is 4. The Balaban J connectivity index is 2.28. The number of amides is 1. The third-order valence-corrected chi connectivity index (χ3v) is 3.87. The highest BCUT2D eigenvalue weighted by atomic mass is 35.5. The van der Waals surface area contributed by atoms with Crippen LogP contribution in [0.1, 0.15) is 15.9 Å². The van der Waals surface area contributed by atoms with Crippen molar-refractivity contribution < 1.29 is 14.1 Å². The smallest absolute Gasteiger partial charge is 0.293 e. The molecule has 0 bridgehead atoms. The zero-order valence-corrected chi connectivity index (χ0v) is 13.8. The Kier molecular flexibility index (Phi) is 5.35. The van der Waals surface area contributed by atoms with E-state index in [1.807, 2.05) is 0 Å². The summed E-state index contributed by atoms with van der Waals surface area (Å²) >= 11 is 5.96. The second-order valence-corrected chi connectivity index (χ2v) is 5.51. The van der Waals surface area contributed by atoms with Gasteiger partial charge < -0.3 is 10.2 Å². The molecule has 1 amide bonds. The van der Waals surface area contributed by atoms with Crippen LogP contribution in [-0.4, -0.2) is 29.8 Å². The lowest BCUT2D eigenvalue weighted by Crippen LogP contribution is -2.27. The van der Waals surface area contributed by atoms with Crippen molar-refractivity contribution in [2.24, 2.45) is 0 Å². The molecule has 0 aliphatic rings. The van der Waals surface area contributed by atoms with Gasteiger partial charge in [0.15, 0.2) is 0 Å². The zero-order valence-electron chi connectivity index (χ0n) is 13.0. The maximum Gasteiger partial charge on any atom is 0.293 e. The number of nitro benzene ring substituents is 1. The lowest BCUT2D eigenvalue weighted by molar-refractivity contribution is -0.384. The fourth-order valence-corrected chi connectivity index (χ4v) is 2.46. The van der Waals surface area contributed by atoms with E-state index in [1.54, 1.807) is 7.05 Å². The predicted molar refractivity (Wildman–Crippen MR) is 89.9 cm³/mol. The van der Waals surface area contributed by atoms with E-state index in [0.29, 0.717) is 5.69 Å². The van der Waals surface area contributed by atoms with Crippen LogP contribution in [0.15, 0.2) is 36.4 Å². The summed E-state index contributed by atoms with van der Waals surface area (Å²) in [5.41, 5.74) is 0.420. The lowest BCUT2D eigenvalue weighted by atomic mass is 10.1. The van der Waals surface area contributed by atoms with Gasteiger partial charge in [0.2, 0.25) is 0 Å². The summed E-state index contributed by atoms with van der Waals surface area (Å²) in [7, 11) is 3.03. The standard InChI is InChI=1S/C16H15ClFN3O3/c1-19-14-7-6-10(8-15(14)21(23)24)16(22)20(2)9-11-12(17)4-3-5-13(11)18/h3-8,19H,9H2,1-2H3. The quantitative estimate of drug-likeness (QED) is 0.658. The first-order valence-electron chi connectivity index (χ1n) is 6.99. The number of hydrogen-bond donors (Lipinski definition) is 1. The molecule has 126 valence electrons. The first-order valence-corrected chi connectivity index (χ1v) is 7.37. The molecule has 0 fully saturated rings. The molecule has 0 spiro atoms. The molecular formula is C16H15ClFN3O3. The van der Waals surface area contributed by atoms with Crippen LogP contribution in [0.3, 0.4) is 0 Å². The second-order valence-electron chi connectivity index (χ2n) is 5.10. The van der Waals surface area contributed by atoms with Crippen LogP contribution in [0.25, 0.3) is 0 Å². The number of rotatable bonds is 5. The van der Waals surface area contributed by atoms with Crippen molar-refractivity contribution in [1.29, 1.82) is 0 Å². The molecule has 8 heteroatoms. The molecule has 0 saturated carbocycles. The molecule has 0 aromatic heterocycles. The minimum Gasteiger partial charge on any atom is -0.383 e. The van der Waals surface area contributed by atoms with Crippen molar-refractivity contribution in [1.82, 2.24) is 4.90 Å². The lowest BCUT2D eigenvalue weighted by Gasteiger charge is -2.18. The van der Waals surface area contributed by atoms with Crippen LogP contribution in [0.2, 0.25) is 5.02 Å². The maximum atomic E-state index is 13.8. The third kappa shape index (κ3) is 3.62. The number of nitro groups is 1. The Morgan fingerprint density at radius 2 is 2.08 bits per heavy atom. The molecule has 0 heterocycles. The molecule has 6 nitrogen and oxygen atoms in total. The highest BCUT2D eigenvalue weighted by molar-refractivity contribution is 6.31. The van der Waals surface area contributed by atoms with Gasteiger partial charge in [-0.05, 0) is 24.3 Å². The van der Waals surface area contributed by atoms with E-state index in [1.165, 1.54) is 48.3 Å². The summed E-state index contributed by atoms with van der Waals surface area (Å²) in [6.45, 7) is -0.0497. The molecule has 0 atom stereocenters. The number of nitrogens with zero attached hydrogens (tertiary/aromatic N) is 2. The van der Waals surface area contributed by atoms with Crippen molar-refractivity contribution in [2.45, 2.75) is 6.54 Å².